The van der Waals surface area contributed by atoms with Gasteiger partial charge in [0.25, 0.3) is 0 Å². The van der Waals surface area contributed by atoms with Crippen LogP contribution in [0.25, 0.3) is 0 Å². The second kappa shape index (κ2) is 14.2. The maximum atomic E-state index is 13.2. The van der Waals surface area contributed by atoms with E-state index in [0.717, 1.165) is 75.8 Å². The lowest BCUT2D eigenvalue weighted by molar-refractivity contribution is -0.159. The number of amides is 1. The maximum absolute atomic E-state index is 13.2. The first-order valence-corrected chi connectivity index (χ1v) is 12.9. The monoisotopic (exact) mass is 527 g/mol. The molecular formula is C28H37N3O7. The van der Waals surface area contributed by atoms with E-state index in [0.29, 0.717) is 12.5 Å². The summed E-state index contributed by atoms with van der Waals surface area (Å²) in [6.07, 6.45) is 1.88. The van der Waals surface area contributed by atoms with Crippen LogP contribution in [0.4, 0.5) is 5.69 Å². The smallest absolute Gasteiger partial charge is 0.414 e. The Kier molecular flexibility index (Phi) is 10.8. The Morgan fingerprint density at radius 1 is 0.895 bits per heavy atom. The van der Waals surface area contributed by atoms with Gasteiger partial charge in [-0.15, -0.1) is 0 Å². The minimum Gasteiger partial charge on any atom is -0.497 e. The van der Waals surface area contributed by atoms with Gasteiger partial charge in [0.2, 0.25) is 5.91 Å². The lowest BCUT2D eigenvalue weighted by Gasteiger charge is -2.39. The summed E-state index contributed by atoms with van der Waals surface area (Å²) in [5.41, 5.74) is 2.39. The van der Waals surface area contributed by atoms with E-state index < -0.39 is 11.9 Å². The average molecular weight is 528 g/mol. The first kappa shape index (κ1) is 28.8. The number of ether oxygens (including phenoxy) is 2. The van der Waals surface area contributed by atoms with Crippen LogP contribution in [0.3, 0.4) is 0 Å². The molecular weight excluding hydrogens is 490 g/mol. The molecule has 0 radical (unpaired) electrons. The van der Waals surface area contributed by atoms with Crippen LogP contribution >= 0.6 is 0 Å². The van der Waals surface area contributed by atoms with Gasteiger partial charge in [-0.2, -0.15) is 0 Å². The number of carbonyl (C=O) groups excluding carboxylic acids is 1. The molecule has 206 valence electrons. The van der Waals surface area contributed by atoms with E-state index in [1.165, 1.54) is 5.56 Å². The van der Waals surface area contributed by atoms with Crippen LogP contribution in [0.5, 0.6) is 11.5 Å². The third-order valence-electron chi connectivity index (χ3n) is 6.76. The zero-order valence-electron chi connectivity index (χ0n) is 22.0. The Morgan fingerprint density at radius 3 is 2.16 bits per heavy atom. The Balaban J connectivity index is 0.000000599. The van der Waals surface area contributed by atoms with Gasteiger partial charge >= 0.3 is 11.9 Å². The molecule has 2 aromatic rings. The number of nitrogens with zero attached hydrogens (tertiary/aromatic N) is 3. The van der Waals surface area contributed by atoms with E-state index in [1.807, 2.05) is 31.2 Å². The largest absolute Gasteiger partial charge is 0.497 e. The van der Waals surface area contributed by atoms with Crippen molar-refractivity contribution in [3.05, 3.63) is 54.1 Å². The van der Waals surface area contributed by atoms with Crippen molar-refractivity contribution < 1.29 is 34.1 Å². The normalized spacial score (nSPS) is 16.3. The second-order valence-electron chi connectivity index (χ2n) is 9.23. The Labute approximate surface area is 223 Å². The molecule has 0 aromatic heterocycles. The minimum atomic E-state index is -1.82. The van der Waals surface area contributed by atoms with Crippen LogP contribution in [-0.2, 0) is 20.9 Å². The van der Waals surface area contributed by atoms with Gasteiger partial charge in [0, 0.05) is 38.6 Å². The summed E-state index contributed by atoms with van der Waals surface area (Å²) in [5, 5.41) is 14.8. The number of carboxylic acid groups (broad SMARTS) is 2. The van der Waals surface area contributed by atoms with Gasteiger partial charge in [-0.1, -0.05) is 24.3 Å². The van der Waals surface area contributed by atoms with Crippen molar-refractivity contribution in [2.24, 2.45) is 5.92 Å². The zero-order valence-corrected chi connectivity index (χ0v) is 22.0. The van der Waals surface area contributed by atoms with Crippen molar-refractivity contribution in [3.63, 3.8) is 0 Å². The molecule has 0 unspecified atom stereocenters. The molecule has 0 aliphatic carbocycles. The van der Waals surface area contributed by atoms with Crippen LogP contribution in [0.15, 0.2) is 48.5 Å². The number of hydrogen-bond acceptors (Lipinski definition) is 7. The molecule has 10 nitrogen and oxygen atoms in total. The lowest BCUT2D eigenvalue weighted by atomic mass is 9.94. The summed E-state index contributed by atoms with van der Waals surface area (Å²) in [7, 11) is 1.70. The fourth-order valence-corrected chi connectivity index (χ4v) is 4.79. The van der Waals surface area contributed by atoms with Gasteiger partial charge in [0.05, 0.1) is 19.4 Å². The summed E-state index contributed by atoms with van der Waals surface area (Å²) < 4.78 is 11.1. The number of anilines is 1. The first-order valence-electron chi connectivity index (χ1n) is 12.9. The Hall–Kier alpha value is -3.79. The van der Waals surface area contributed by atoms with E-state index in [-0.39, 0.29) is 5.92 Å². The number of piperazine rings is 1. The Bertz CT molecular complexity index is 1070. The maximum Gasteiger partial charge on any atom is 0.414 e. The Morgan fingerprint density at radius 2 is 1.55 bits per heavy atom. The van der Waals surface area contributed by atoms with Crippen LogP contribution in [0, 0.1) is 5.92 Å². The molecule has 2 heterocycles. The third kappa shape index (κ3) is 8.11. The second-order valence-corrected chi connectivity index (χ2v) is 9.23. The number of carboxylic acids is 2. The molecule has 0 atom stereocenters. The molecule has 0 saturated carbocycles. The van der Waals surface area contributed by atoms with Gasteiger partial charge in [-0.25, -0.2) is 9.59 Å². The first-order chi connectivity index (χ1) is 18.3. The highest BCUT2D eigenvalue weighted by atomic mass is 16.5. The van der Waals surface area contributed by atoms with Crippen LogP contribution in [-0.4, -0.2) is 90.8 Å². The summed E-state index contributed by atoms with van der Waals surface area (Å²) >= 11 is 0. The number of likely N-dealkylation sites (tertiary alicyclic amines) is 1. The topological polar surface area (TPSA) is 120 Å². The molecule has 0 bridgehead atoms. The molecule has 2 aliphatic rings. The molecule has 2 fully saturated rings. The highest BCUT2D eigenvalue weighted by Crippen LogP contribution is 2.29. The standard InChI is InChI=1S/C26H35N3O3.C2H2O4/c1-3-32-25-10-5-4-9-24(25)28-15-17-29(18-16-28)26(30)22-11-13-27(14-12-22)20-21-7-6-8-23(19-21)31-2;3-1(4)2(5)6/h4-10,19,22H,3,11-18,20H2,1-2H3;(H,3,4)(H,5,6). The number of para-hydroxylation sites is 2. The number of methoxy groups -OCH3 is 1. The van der Waals surface area contributed by atoms with Crippen molar-refractivity contribution in [1.29, 1.82) is 0 Å². The van der Waals surface area contributed by atoms with Gasteiger partial charge < -0.3 is 29.5 Å². The van der Waals surface area contributed by atoms with E-state index in [4.69, 9.17) is 29.3 Å². The fourth-order valence-electron chi connectivity index (χ4n) is 4.79. The van der Waals surface area contributed by atoms with Crippen molar-refractivity contribution in [2.45, 2.75) is 26.3 Å². The highest BCUT2D eigenvalue weighted by Gasteiger charge is 2.31. The summed E-state index contributed by atoms with van der Waals surface area (Å²) in [6.45, 7) is 8.78. The number of carbonyl (C=O) groups is 3. The van der Waals surface area contributed by atoms with Gasteiger partial charge in [-0.05, 0) is 62.7 Å². The van der Waals surface area contributed by atoms with E-state index in [1.54, 1.807) is 7.11 Å². The van der Waals surface area contributed by atoms with E-state index in [2.05, 4.69) is 39.0 Å². The third-order valence-corrected chi connectivity index (χ3v) is 6.76. The van der Waals surface area contributed by atoms with Crippen molar-refractivity contribution in [2.75, 3.05) is 57.9 Å². The minimum absolute atomic E-state index is 0.152. The van der Waals surface area contributed by atoms with Gasteiger partial charge in [-0.3, -0.25) is 9.69 Å². The molecule has 2 aromatic carbocycles. The van der Waals surface area contributed by atoms with Crippen LogP contribution in [0.2, 0.25) is 0 Å². The van der Waals surface area contributed by atoms with Gasteiger partial charge in [0.15, 0.2) is 0 Å². The molecule has 0 spiro atoms. The summed E-state index contributed by atoms with van der Waals surface area (Å²) in [4.78, 5) is 38.2. The van der Waals surface area contributed by atoms with E-state index in [9.17, 15) is 4.79 Å². The summed E-state index contributed by atoms with van der Waals surface area (Å²) in [6, 6.07) is 16.4. The molecule has 38 heavy (non-hydrogen) atoms. The average Bonchev–Trinajstić information content (AvgIpc) is 2.94. The van der Waals surface area contributed by atoms with E-state index >= 15 is 0 Å². The number of hydrogen-bond donors (Lipinski definition) is 2. The fraction of sp³-hybridized carbons (Fsp3) is 0.464. The summed E-state index contributed by atoms with van der Waals surface area (Å²) in [5.74, 6) is -1.33. The molecule has 2 N–H and O–H groups in total. The van der Waals surface area contributed by atoms with Crippen molar-refractivity contribution >= 4 is 23.5 Å². The van der Waals surface area contributed by atoms with Crippen molar-refractivity contribution in [3.8, 4) is 11.5 Å². The van der Waals surface area contributed by atoms with Gasteiger partial charge in [0.1, 0.15) is 11.5 Å². The zero-order chi connectivity index (χ0) is 27.5. The predicted molar refractivity (Wildman–Crippen MR) is 143 cm³/mol. The number of rotatable bonds is 7. The molecule has 1 amide bonds. The number of aliphatic carboxylic acids is 2. The molecule has 2 aliphatic heterocycles. The molecule has 4 rings (SSSR count). The molecule has 10 heteroatoms. The lowest BCUT2D eigenvalue weighted by Crippen LogP contribution is -2.51. The molecule has 2 saturated heterocycles. The quantitative estimate of drug-likeness (QED) is 0.524. The van der Waals surface area contributed by atoms with Crippen molar-refractivity contribution in [1.82, 2.24) is 9.80 Å². The predicted octanol–water partition coefficient (Wildman–Crippen LogP) is 2.81. The van der Waals surface area contributed by atoms with Crippen LogP contribution in [0.1, 0.15) is 25.3 Å². The number of piperidine rings is 1. The highest BCUT2D eigenvalue weighted by molar-refractivity contribution is 6.27. The number of benzene rings is 2. The van der Waals surface area contributed by atoms with Crippen LogP contribution < -0.4 is 14.4 Å². The SMILES string of the molecule is CCOc1ccccc1N1CCN(C(=O)C2CCN(Cc3cccc(OC)c3)CC2)CC1.O=C(O)C(=O)O.